The van der Waals surface area contributed by atoms with E-state index in [4.69, 9.17) is 16.3 Å². The highest BCUT2D eigenvalue weighted by atomic mass is 35.5. The maximum atomic E-state index is 6.18. The average Bonchev–Trinajstić information content (AvgIpc) is 2.36. The van der Waals surface area contributed by atoms with Gasteiger partial charge in [-0.05, 0) is 32.5 Å². The zero-order valence-electron chi connectivity index (χ0n) is 11.8. The Kier molecular flexibility index (Phi) is 5.02. The highest BCUT2D eigenvalue weighted by Gasteiger charge is 2.23. The monoisotopic (exact) mass is 283 g/mol. The van der Waals surface area contributed by atoms with Crippen LogP contribution < -0.4 is 10.2 Å². The van der Waals surface area contributed by atoms with Gasteiger partial charge in [0, 0.05) is 19.6 Å². The summed E-state index contributed by atoms with van der Waals surface area (Å²) in [4.78, 5) is 6.95. The van der Waals surface area contributed by atoms with E-state index in [-0.39, 0.29) is 12.2 Å². The molecular weight excluding hydrogens is 262 g/mol. The molecule has 1 aromatic rings. The number of hydrogen-bond acceptors (Lipinski definition) is 4. The molecule has 2 rings (SSSR count). The van der Waals surface area contributed by atoms with Crippen molar-refractivity contribution in [3.8, 4) is 0 Å². The van der Waals surface area contributed by atoms with Crippen LogP contribution in [0.1, 0.15) is 26.5 Å². The molecule has 0 radical (unpaired) electrons. The minimum absolute atomic E-state index is 0.235. The number of nitrogens with zero attached hydrogens (tertiary/aromatic N) is 2. The molecule has 0 aromatic carbocycles. The molecular formula is C14H22ClN3O. The number of morpholine rings is 1. The molecule has 1 saturated heterocycles. The predicted molar refractivity (Wildman–Crippen MR) is 78.8 cm³/mol. The summed E-state index contributed by atoms with van der Waals surface area (Å²) in [5, 5.41) is 3.98. The minimum atomic E-state index is 0.235. The molecule has 0 amide bonds. The van der Waals surface area contributed by atoms with Crippen molar-refractivity contribution in [2.75, 3.05) is 24.5 Å². The van der Waals surface area contributed by atoms with Crippen LogP contribution in [0, 0.1) is 0 Å². The number of hydrogen-bond donors (Lipinski definition) is 1. The van der Waals surface area contributed by atoms with Gasteiger partial charge in [-0.2, -0.15) is 0 Å². The number of anilines is 1. The number of aromatic nitrogens is 1. The van der Waals surface area contributed by atoms with Gasteiger partial charge in [0.05, 0.1) is 22.9 Å². The molecule has 1 N–H and O–H groups in total. The third kappa shape index (κ3) is 3.81. The summed E-state index contributed by atoms with van der Waals surface area (Å²) in [5.74, 6) is 0.985. The molecule has 0 unspecified atom stereocenters. The van der Waals surface area contributed by atoms with Gasteiger partial charge >= 0.3 is 0 Å². The van der Waals surface area contributed by atoms with Crippen LogP contribution >= 0.6 is 11.6 Å². The molecule has 1 aliphatic rings. The molecule has 4 nitrogen and oxygen atoms in total. The van der Waals surface area contributed by atoms with Gasteiger partial charge < -0.3 is 15.0 Å². The van der Waals surface area contributed by atoms with E-state index in [1.165, 1.54) is 0 Å². The first-order chi connectivity index (χ1) is 9.10. The average molecular weight is 284 g/mol. The van der Waals surface area contributed by atoms with Crippen LogP contribution in [0.3, 0.4) is 0 Å². The minimum Gasteiger partial charge on any atom is -0.372 e. The Balaban J connectivity index is 2.15. The summed E-state index contributed by atoms with van der Waals surface area (Å²) in [7, 11) is 0. The van der Waals surface area contributed by atoms with Crippen molar-refractivity contribution in [3.05, 3.63) is 22.8 Å². The van der Waals surface area contributed by atoms with Crippen molar-refractivity contribution < 1.29 is 4.74 Å². The Morgan fingerprint density at radius 3 is 2.68 bits per heavy atom. The molecule has 5 heteroatoms. The van der Waals surface area contributed by atoms with Gasteiger partial charge in [0.15, 0.2) is 0 Å². The van der Waals surface area contributed by atoms with Crippen LogP contribution in [0.25, 0.3) is 0 Å². The van der Waals surface area contributed by atoms with Crippen molar-refractivity contribution in [2.24, 2.45) is 0 Å². The van der Waals surface area contributed by atoms with Crippen LogP contribution in [0.5, 0.6) is 0 Å². The van der Waals surface area contributed by atoms with Crippen molar-refractivity contribution in [1.29, 1.82) is 0 Å². The zero-order valence-corrected chi connectivity index (χ0v) is 12.6. The van der Waals surface area contributed by atoms with Gasteiger partial charge in [0.25, 0.3) is 0 Å². The smallest absolute Gasteiger partial charge is 0.129 e. The van der Waals surface area contributed by atoms with E-state index in [0.29, 0.717) is 6.54 Å². The third-order valence-electron chi connectivity index (χ3n) is 3.19. The summed E-state index contributed by atoms with van der Waals surface area (Å²) >= 11 is 6.18. The van der Waals surface area contributed by atoms with Crippen molar-refractivity contribution >= 4 is 17.4 Å². The molecule has 1 fully saturated rings. The highest BCUT2D eigenvalue weighted by molar-refractivity contribution is 6.31. The normalized spacial score (nSPS) is 23.7. The van der Waals surface area contributed by atoms with Gasteiger partial charge in [-0.15, -0.1) is 0 Å². The number of pyridine rings is 1. The Morgan fingerprint density at radius 1 is 1.37 bits per heavy atom. The topological polar surface area (TPSA) is 37.4 Å². The summed E-state index contributed by atoms with van der Waals surface area (Å²) in [6.45, 7) is 9.63. The lowest BCUT2D eigenvalue weighted by Crippen LogP contribution is -2.45. The van der Waals surface area contributed by atoms with E-state index in [1.54, 1.807) is 0 Å². The zero-order chi connectivity index (χ0) is 13.8. The summed E-state index contributed by atoms with van der Waals surface area (Å²) in [6, 6.07) is 3.92. The molecule has 0 aliphatic carbocycles. The third-order valence-corrected chi connectivity index (χ3v) is 3.53. The summed E-state index contributed by atoms with van der Waals surface area (Å²) in [5.41, 5.74) is 0.910. The fourth-order valence-electron chi connectivity index (χ4n) is 2.38. The quantitative estimate of drug-likeness (QED) is 0.921. The molecule has 0 bridgehead atoms. The maximum Gasteiger partial charge on any atom is 0.129 e. The van der Waals surface area contributed by atoms with Crippen LogP contribution in [0.15, 0.2) is 12.1 Å². The van der Waals surface area contributed by atoms with E-state index in [1.807, 2.05) is 12.1 Å². The van der Waals surface area contributed by atoms with Crippen LogP contribution in [0.2, 0.25) is 5.02 Å². The Bertz CT molecular complexity index is 417. The lowest BCUT2D eigenvalue weighted by atomic mass is 10.2. The molecule has 2 heterocycles. The van der Waals surface area contributed by atoms with Gasteiger partial charge in [-0.3, -0.25) is 0 Å². The first-order valence-electron chi connectivity index (χ1n) is 6.86. The van der Waals surface area contributed by atoms with Crippen LogP contribution in [0.4, 0.5) is 5.82 Å². The van der Waals surface area contributed by atoms with Crippen LogP contribution in [-0.4, -0.2) is 36.8 Å². The first kappa shape index (κ1) is 14.6. The Labute approximate surface area is 120 Å². The Morgan fingerprint density at radius 2 is 2.05 bits per heavy atom. The largest absolute Gasteiger partial charge is 0.372 e. The predicted octanol–water partition coefficient (Wildman–Crippen LogP) is 2.46. The molecule has 19 heavy (non-hydrogen) atoms. The van der Waals surface area contributed by atoms with E-state index >= 15 is 0 Å². The lowest BCUT2D eigenvalue weighted by molar-refractivity contribution is -0.00546. The van der Waals surface area contributed by atoms with Gasteiger partial charge in [0.1, 0.15) is 5.82 Å². The van der Waals surface area contributed by atoms with Crippen LogP contribution in [-0.2, 0) is 11.3 Å². The number of nitrogens with one attached hydrogen (secondary N) is 1. The number of halogens is 1. The molecule has 0 saturated carbocycles. The maximum absolute atomic E-state index is 6.18. The molecule has 106 valence electrons. The summed E-state index contributed by atoms with van der Waals surface area (Å²) < 4.78 is 5.75. The highest BCUT2D eigenvalue weighted by Crippen LogP contribution is 2.22. The summed E-state index contributed by atoms with van der Waals surface area (Å²) in [6.07, 6.45) is 0.469. The van der Waals surface area contributed by atoms with Crippen molar-refractivity contribution in [1.82, 2.24) is 10.3 Å². The fraction of sp³-hybridized carbons (Fsp3) is 0.643. The van der Waals surface area contributed by atoms with E-state index < -0.39 is 0 Å². The van der Waals surface area contributed by atoms with Gasteiger partial charge in [-0.25, -0.2) is 4.98 Å². The second-order valence-corrected chi connectivity index (χ2v) is 5.45. The molecule has 0 spiro atoms. The SMILES string of the molecule is CCNCc1nc(N2C[C@@H](C)O[C@@H](C)C2)ccc1Cl. The van der Waals surface area contributed by atoms with E-state index in [0.717, 1.165) is 36.2 Å². The van der Waals surface area contributed by atoms with Gasteiger partial charge in [-0.1, -0.05) is 18.5 Å². The fourth-order valence-corrected chi connectivity index (χ4v) is 2.55. The number of rotatable bonds is 4. The first-order valence-corrected chi connectivity index (χ1v) is 7.24. The van der Waals surface area contributed by atoms with Crippen molar-refractivity contribution in [2.45, 2.75) is 39.5 Å². The standard InChI is InChI=1S/C14H22ClN3O/c1-4-16-7-13-12(15)5-6-14(17-13)18-8-10(2)19-11(3)9-18/h5-6,10-11,16H,4,7-9H2,1-3H3/t10-,11+. The van der Waals surface area contributed by atoms with E-state index in [9.17, 15) is 0 Å². The van der Waals surface area contributed by atoms with Gasteiger partial charge in [0.2, 0.25) is 0 Å². The molecule has 1 aromatic heterocycles. The molecule has 1 aliphatic heterocycles. The van der Waals surface area contributed by atoms with Crippen molar-refractivity contribution in [3.63, 3.8) is 0 Å². The molecule has 2 atom stereocenters. The lowest BCUT2D eigenvalue weighted by Gasteiger charge is -2.36. The second-order valence-electron chi connectivity index (χ2n) is 5.04. The number of ether oxygens (including phenoxy) is 1. The Hall–Kier alpha value is -0.840. The second kappa shape index (κ2) is 6.55. The van der Waals surface area contributed by atoms with E-state index in [2.05, 4.69) is 36.0 Å².